The number of hydrogen-bond acceptors (Lipinski definition) is 2. The van der Waals surface area contributed by atoms with Crippen LogP contribution in [0.3, 0.4) is 0 Å². The number of aryl methyl sites for hydroxylation is 2. The van der Waals surface area contributed by atoms with Crippen LogP contribution in [0.2, 0.25) is 0 Å². The Morgan fingerprint density at radius 1 is 1.19 bits per heavy atom. The van der Waals surface area contributed by atoms with Gasteiger partial charge in [-0.15, -0.1) is 0 Å². The monoisotopic (exact) mass is 221 g/mol. The summed E-state index contributed by atoms with van der Waals surface area (Å²) in [5.74, 6) is 1.01. The van der Waals surface area contributed by atoms with Crippen LogP contribution in [0.25, 0.3) is 0 Å². The van der Waals surface area contributed by atoms with E-state index in [0.717, 1.165) is 12.2 Å². The van der Waals surface area contributed by atoms with Crippen LogP contribution >= 0.6 is 0 Å². The molecule has 1 aromatic carbocycles. The maximum Gasteiger partial charge on any atom is 0.124 e. The van der Waals surface area contributed by atoms with Gasteiger partial charge in [-0.1, -0.05) is 12.1 Å². The molecule has 0 bridgehead atoms. The molecule has 0 atom stereocenters. The van der Waals surface area contributed by atoms with Gasteiger partial charge in [0.25, 0.3) is 0 Å². The fraction of sp³-hybridized carbons (Fsp3) is 0.571. The first-order valence-electron chi connectivity index (χ1n) is 5.72. The van der Waals surface area contributed by atoms with E-state index in [9.17, 15) is 0 Å². The van der Waals surface area contributed by atoms with Crippen molar-refractivity contribution in [2.24, 2.45) is 0 Å². The molecule has 2 nitrogen and oxygen atoms in total. The molecule has 0 aliphatic heterocycles. The van der Waals surface area contributed by atoms with E-state index in [1.807, 2.05) is 7.05 Å². The summed E-state index contributed by atoms with van der Waals surface area (Å²) in [6.45, 7) is 8.62. The van der Waals surface area contributed by atoms with Crippen LogP contribution < -0.4 is 10.1 Å². The van der Waals surface area contributed by atoms with Gasteiger partial charge in [-0.05, 0) is 57.9 Å². The second kappa shape index (κ2) is 4.88. The van der Waals surface area contributed by atoms with Gasteiger partial charge in [-0.25, -0.2) is 0 Å². The maximum atomic E-state index is 5.37. The number of ether oxygens (including phenoxy) is 1. The van der Waals surface area contributed by atoms with E-state index in [4.69, 9.17) is 4.74 Å². The highest BCUT2D eigenvalue weighted by Crippen LogP contribution is 2.26. The molecule has 0 fully saturated rings. The quantitative estimate of drug-likeness (QED) is 0.844. The van der Waals surface area contributed by atoms with E-state index in [-0.39, 0.29) is 5.54 Å². The molecule has 0 aliphatic carbocycles. The summed E-state index contributed by atoms with van der Waals surface area (Å²) in [6, 6.07) is 4.43. The van der Waals surface area contributed by atoms with Crippen molar-refractivity contribution < 1.29 is 4.74 Å². The molecule has 90 valence electrons. The van der Waals surface area contributed by atoms with Crippen molar-refractivity contribution in [3.8, 4) is 5.75 Å². The lowest BCUT2D eigenvalue weighted by atomic mass is 9.93. The van der Waals surface area contributed by atoms with Crippen LogP contribution in [0, 0.1) is 13.8 Å². The van der Waals surface area contributed by atoms with E-state index in [0.29, 0.717) is 0 Å². The van der Waals surface area contributed by atoms with Crippen molar-refractivity contribution in [1.82, 2.24) is 5.32 Å². The van der Waals surface area contributed by atoms with Gasteiger partial charge in [0.2, 0.25) is 0 Å². The zero-order valence-corrected chi connectivity index (χ0v) is 11.3. The van der Waals surface area contributed by atoms with Crippen LogP contribution in [-0.2, 0) is 6.42 Å². The van der Waals surface area contributed by atoms with Gasteiger partial charge in [0.05, 0.1) is 7.11 Å². The Labute approximate surface area is 99.0 Å². The number of likely N-dealkylation sites (N-methyl/N-ethyl adjacent to an activating group) is 1. The Morgan fingerprint density at radius 3 is 2.06 bits per heavy atom. The van der Waals surface area contributed by atoms with Crippen LogP contribution in [0.15, 0.2) is 12.1 Å². The largest absolute Gasteiger partial charge is 0.496 e. The third-order valence-corrected chi connectivity index (χ3v) is 3.05. The first-order valence-corrected chi connectivity index (χ1v) is 5.72. The highest BCUT2D eigenvalue weighted by molar-refractivity contribution is 5.43. The molecule has 0 saturated carbocycles. The van der Waals surface area contributed by atoms with E-state index in [2.05, 4.69) is 45.1 Å². The van der Waals surface area contributed by atoms with Crippen molar-refractivity contribution in [3.05, 3.63) is 28.8 Å². The van der Waals surface area contributed by atoms with E-state index < -0.39 is 0 Å². The smallest absolute Gasteiger partial charge is 0.124 e. The number of methoxy groups -OCH3 is 1. The second-order valence-corrected chi connectivity index (χ2v) is 5.07. The van der Waals surface area contributed by atoms with Gasteiger partial charge in [0.15, 0.2) is 0 Å². The van der Waals surface area contributed by atoms with Crippen LogP contribution in [0.4, 0.5) is 0 Å². The minimum atomic E-state index is 0.132. The Bertz CT molecular complexity index is 346. The zero-order chi connectivity index (χ0) is 12.3. The molecular weight excluding hydrogens is 198 g/mol. The van der Waals surface area contributed by atoms with Gasteiger partial charge >= 0.3 is 0 Å². The van der Waals surface area contributed by atoms with Crippen molar-refractivity contribution in [2.45, 2.75) is 39.7 Å². The highest BCUT2D eigenvalue weighted by Gasteiger charge is 2.16. The van der Waals surface area contributed by atoms with E-state index in [1.165, 1.54) is 16.7 Å². The van der Waals surface area contributed by atoms with Gasteiger partial charge in [0.1, 0.15) is 5.75 Å². The van der Waals surface area contributed by atoms with Crippen LogP contribution in [0.1, 0.15) is 30.5 Å². The molecule has 1 aromatic rings. The maximum absolute atomic E-state index is 5.37. The van der Waals surface area contributed by atoms with Crippen molar-refractivity contribution in [3.63, 3.8) is 0 Å². The number of hydrogen-bond donors (Lipinski definition) is 1. The molecule has 0 aliphatic rings. The Morgan fingerprint density at radius 2 is 1.69 bits per heavy atom. The molecule has 0 saturated heterocycles. The molecule has 0 amide bonds. The summed E-state index contributed by atoms with van der Waals surface area (Å²) >= 11 is 0. The van der Waals surface area contributed by atoms with Gasteiger partial charge < -0.3 is 10.1 Å². The van der Waals surface area contributed by atoms with E-state index in [1.54, 1.807) is 7.11 Å². The average Bonchev–Trinajstić information content (AvgIpc) is 2.16. The lowest BCUT2D eigenvalue weighted by molar-refractivity contribution is 0.405. The standard InChI is InChI=1S/C14H23NO/c1-10-7-12(9-14(3,4)15-5)8-11(2)13(10)16-6/h7-8,15H,9H2,1-6H3. The minimum Gasteiger partial charge on any atom is -0.496 e. The Hall–Kier alpha value is -1.02. The highest BCUT2D eigenvalue weighted by atomic mass is 16.5. The summed E-state index contributed by atoms with van der Waals surface area (Å²) in [7, 11) is 3.73. The first kappa shape index (κ1) is 13.0. The molecule has 1 rings (SSSR count). The van der Waals surface area contributed by atoms with Gasteiger partial charge in [-0.3, -0.25) is 0 Å². The Kier molecular flexibility index (Phi) is 3.98. The molecule has 0 unspecified atom stereocenters. The van der Waals surface area contributed by atoms with Gasteiger partial charge in [0, 0.05) is 5.54 Å². The lowest BCUT2D eigenvalue weighted by Crippen LogP contribution is -2.38. The summed E-state index contributed by atoms with van der Waals surface area (Å²) in [5, 5.41) is 3.33. The molecule has 2 heteroatoms. The van der Waals surface area contributed by atoms with Gasteiger partial charge in [-0.2, -0.15) is 0 Å². The topological polar surface area (TPSA) is 21.3 Å². The molecular formula is C14H23NO. The first-order chi connectivity index (χ1) is 7.39. The number of benzene rings is 1. The zero-order valence-electron chi connectivity index (χ0n) is 11.3. The molecule has 0 aromatic heterocycles. The fourth-order valence-corrected chi connectivity index (χ4v) is 2.06. The minimum absolute atomic E-state index is 0.132. The predicted molar refractivity (Wildman–Crippen MR) is 69.3 cm³/mol. The summed E-state index contributed by atoms with van der Waals surface area (Å²) in [5.41, 5.74) is 3.91. The Balaban J connectivity index is 3.00. The molecule has 0 spiro atoms. The average molecular weight is 221 g/mol. The van der Waals surface area contributed by atoms with E-state index >= 15 is 0 Å². The third kappa shape index (κ3) is 2.99. The molecule has 16 heavy (non-hydrogen) atoms. The molecule has 1 N–H and O–H groups in total. The lowest BCUT2D eigenvalue weighted by Gasteiger charge is -2.24. The fourth-order valence-electron chi connectivity index (χ4n) is 2.06. The molecule has 0 radical (unpaired) electrons. The summed E-state index contributed by atoms with van der Waals surface area (Å²) < 4.78 is 5.37. The number of rotatable bonds is 4. The second-order valence-electron chi connectivity index (χ2n) is 5.07. The number of nitrogens with one attached hydrogen (secondary N) is 1. The third-order valence-electron chi connectivity index (χ3n) is 3.05. The van der Waals surface area contributed by atoms with Crippen molar-refractivity contribution in [2.75, 3.05) is 14.2 Å². The van der Waals surface area contributed by atoms with Crippen LogP contribution in [0.5, 0.6) is 5.75 Å². The summed E-state index contributed by atoms with van der Waals surface area (Å²) in [4.78, 5) is 0. The SMILES string of the molecule is CNC(C)(C)Cc1cc(C)c(OC)c(C)c1. The predicted octanol–water partition coefficient (Wildman–Crippen LogP) is 2.85. The molecule has 0 heterocycles. The normalized spacial score (nSPS) is 11.6. The van der Waals surface area contributed by atoms with Crippen molar-refractivity contribution in [1.29, 1.82) is 0 Å². The van der Waals surface area contributed by atoms with Crippen molar-refractivity contribution >= 4 is 0 Å². The summed E-state index contributed by atoms with van der Waals surface area (Å²) in [6.07, 6.45) is 1.02. The van der Waals surface area contributed by atoms with Crippen LogP contribution in [-0.4, -0.2) is 19.7 Å².